The highest BCUT2D eigenvalue weighted by Gasteiger charge is 2.09. The quantitative estimate of drug-likeness (QED) is 0.743. The van der Waals surface area contributed by atoms with Crippen molar-refractivity contribution < 1.29 is 14.6 Å². The molecule has 0 bridgehead atoms. The smallest absolute Gasteiger partial charge is 0.133 e. The Hall–Kier alpha value is -2.44. The van der Waals surface area contributed by atoms with Gasteiger partial charge in [0.25, 0.3) is 0 Å². The molecule has 0 fully saturated rings. The van der Waals surface area contributed by atoms with Gasteiger partial charge in [0, 0.05) is 11.1 Å². The number of rotatable bonds is 5. The molecule has 6 nitrogen and oxygen atoms in total. The second-order valence-electron chi connectivity index (χ2n) is 4.72. The van der Waals surface area contributed by atoms with Crippen LogP contribution in [0.5, 0.6) is 0 Å². The lowest BCUT2D eigenvalue weighted by Gasteiger charge is -2.05. The van der Waals surface area contributed by atoms with E-state index in [0.717, 1.165) is 16.9 Å². The third kappa shape index (κ3) is 3.01. The molecule has 0 saturated carbocycles. The number of benzene rings is 1. The molecule has 3 rings (SSSR count). The highest BCUT2D eigenvalue weighted by Crippen LogP contribution is 2.25. The van der Waals surface area contributed by atoms with E-state index in [4.69, 9.17) is 9.52 Å². The van der Waals surface area contributed by atoms with Gasteiger partial charge in [0.05, 0.1) is 31.7 Å². The predicted octanol–water partition coefficient (Wildman–Crippen LogP) is 1.56. The van der Waals surface area contributed by atoms with Crippen molar-refractivity contribution in [3.8, 4) is 22.6 Å². The van der Waals surface area contributed by atoms with E-state index in [2.05, 4.69) is 10.3 Å². The molecule has 0 amide bonds. The summed E-state index contributed by atoms with van der Waals surface area (Å²) in [5.41, 5.74) is 2.57. The van der Waals surface area contributed by atoms with E-state index >= 15 is 0 Å². The topological polar surface area (TPSA) is 84.3 Å². The predicted molar refractivity (Wildman–Crippen MR) is 76.3 cm³/mol. The number of aliphatic hydroxyl groups excluding tert-OH is 2. The molecule has 2 aromatic heterocycles. The molecular weight excluding hydrogens is 270 g/mol. The number of nitrogens with zero attached hydrogens (tertiary/aromatic N) is 3. The normalized spacial score (nSPS) is 12.5. The van der Waals surface area contributed by atoms with Crippen LogP contribution >= 0.6 is 0 Å². The van der Waals surface area contributed by atoms with Crippen molar-refractivity contribution in [1.29, 1.82) is 0 Å². The van der Waals surface area contributed by atoms with Crippen LogP contribution in [0, 0.1) is 0 Å². The zero-order valence-corrected chi connectivity index (χ0v) is 11.3. The molecule has 0 radical (unpaired) electrons. The second-order valence-corrected chi connectivity index (χ2v) is 4.72. The van der Waals surface area contributed by atoms with Gasteiger partial charge in [0.2, 0.25) is 0 Å². The third-order valence-electron chi connectivity index (χ3n) is 3.11. The summed E-state index contributed by atoms with van der Waals surface area (Å²) in [6, 6.07) is 11.5. The maximum absolute atomic E-state index is 9.41. The van der Waals surface area contributed by atoms with E-state index in [1.807, 2.05) is 36.4 Å². The van der Waals surface area contributed by atoms with Gasteiger partial charge in [-0.25, -0.2) is 4.68 Å². The van der Waals surface area contributed by atoms with Crippen LogP contribution in [0.15, 0.2) is 53.3 Å². The van der Waals surface area contributed by atoms with Crippen LogP contribution in [-0.2, 0) is 6.54 Å². The number of aromatic nitrogens is 3. The lowest BCUT2D eigenvalue weighted by atomic mass is 10.1. The molecule has 0 aliphatic rings. The summed E-state index contributed by atoms with van der Waals surface area (Å²) in [4.78, 5) is 0. The highest BCUT2D eigenvalue weighted by molar-refractivity contribution is 5.68. The van der Waals surface area contributed by atoms with Gasteiger partial charge < -0.3 is 14.6 Å². The first-order valence-electron chi connectivity index (χ1n) is 6.59. The van der Waals surface area contributed by atoms with Gasteiger partial charge in [0.1, 0.15) is 11.5 Å². The van der Waals surface area contributed by atoms with Crippen LogP contribution in [0.25, 0.3) is 22.6 Å². The van der Waals surface area contributed by atoms with Crippen molar-refractivity contribution in [1.82, 2.24) is 15.0 Å². The first-order chi connectivity index (χ1) is 10.3. The Bertz CT molecular complexity index is 707. The summed E-state index contributed by atoms with van der Waals surface area (Å²) in [5.74, 6) is 0.792. The van der Waals surface area contributed by atoms with Gasteiger partial charge in [-0.15, -0.1) is 5.10 Å². The first-order valence-corrected chi connectivity index (χ1v) is 6.59. The third-order valence-corrected chi connectivity index (χ3v) is 3.11. The summed E-state index contributed by atoms with van der Waals surface area (Å²) < 4.78 is 6.89. The highest BCUT2D eigenvalue weighted by atomic mass is 16.3. The number of furan rings is 1. The fourth-order valence-corrected chi connectivity index (χ4v) is 2.07. The Morgan fingerprint density at radius 1 is 1.19 bits per heavy atom. The summed E-state index contributed by atoms with van der Waals surface area (Å²) >= 11 is 0. The van der Waals surface area contributed by atoms with Gasteiger partial charge >= 0.3 is 0 Å². The van der Waals surface area contributed by atoms with Crippen LogP contribution in [0.2, 0.25) is 0 Å². The molecule has 108 valence electrons. The number of hydrogen-bond donors (Lipinski definition) is 2. The average molecular weight is 285 g/mol. The summed E-state index contributed by atoms with van der Waals surface area (Å²) in [6.45, 7) is -0.0927. The Labute approximate surface area is 121 Å². The fraction of sp³-hybridized carbons (Fsp3) is 0.200. The van der Waals surface area contributed by atoms with E-state index in [9.17, 15) is 5.11 Å². The van der Waals surface area contributed by atoms with Crippen LogP contribution in [-0.4, -0.2) is 37.9 Å². The van der Waals surface area contributed by atoms with Crippen LogP contribution in [0.3, 0.4) is 0 Å². The molecule has 21 heavy (non-hydrogen) atoms. The molecular formula is C15H15N3O3. The first kappa shape index (κ1) is 13.5. The van der Waals surface area contributed by atoms with Gasteiger partial charge in [-0.2, -0.15) is 0 Å². The van der Waals surface area contributed by atoms with Gasteiger partial charge in [-0.3, -0.25) is 0 Å². The Balaban J connectivity index is 1.86. The molecule has 0 aliphatic carbocycles. The Kier molecular flexibility index (Phi) is 3.81. The molecule has 2 heterocycles. The zero-order chi connectivity index (χ0) is 14.7. The Morgan fingerprint density at radius 2 is 2.05 bits per heavy atom. The van der Waals surface area contributed by atoms with E-state index < -0.39 is 6.10 Å². The molecule has 6 heteroatoms. The summed E-state index contributed by atoms with van der Waals surface area (Å²) in [7, 11) is 0. The molecule has 0 saturated heterocycles. The standard InChI is InChI=1S/C15H15N3O3/c19-10-13(20)8-18-9-14(16-17-18)11-3-1-4-12(7-11)15-5-2-6-21-15/h1-7,9,13,19-20H,8,10H2/t13-/m1/s1. The van der Waals surface area contributed by atoms with Crippen LogP contribution in [0.4, 0.5) is 0 Å². The minimum Gasteiger partial charge on any atom is -0.464 e. The van der Waals surface area contributed by atoms with E-state index in [0.29, 0.717) is 5.69 Å². The second kappa shape index (κ2) is 5.90. The lowest BCUT2D eigenvalue weighted by molar-refractivity contribution is 0.0778. The maximum Gasteiger partial charge on any atom is 0.133 e. The minimum absolute atomic E-state index is 0.210. The summed E-state index contributed by atoms with van der Waals surface area (Å²) in [6.07, 6.45) is 2.53. The minimum atomic E-state index is -0.839. The fourth-order valence-electron chi connectivity index (χ4n) is 2.07. The molecule has 1 atom stereocenters. The van der Waals surface area contributed by atoms with Crippen LogP contribution < -0.4 is 0 Å². The SMILES string of the molecule is OC[C@H](O)Cn1cc(-c2cccc(-c3ccco3)c2)nn1. The zero-order valence-electron chi connectivity index (χ0n) is 11.3. The average Bonchev–Trinajstić information content (AvgIpc) is 3.19. The van der Waals surface area contributed by atoms with E-state index in [-0.39, 0.29) is 13.2 Å². The van der Waals surface area contributed by atoms with E-state index in [1.165, 1.54) is 4.68 Å². The van der Waals surface area contributed by atoms with Crippen molar-refractivity contribution in [2.24, 2.45) is 0 Å². The molecule has 1 aromatic carbocycles. The molecule has 3 aromatic rings. The van der Waals surface area contributed by atoms with Gasteiger partial charge in [0.15, 0.2) is 0 Å². The monoisotopic (exact) mass is 285 g/mol. The number of hydrogen-bond acceptors (Lipinski definition) is 5. The van der Waals surface area contributed by atoms with Crippen molar-refractivity contribution in [2.75, 3.05) is 6.61 Å². The Morgan fingerprint density at radius 3 is 2.81 bits per heavy atom. The van der Waals surface area contributed by atoms with Crippen molar-refractivity contribution >= 4 is 0 Å². The maximum atomic E-state index is 9.41. The molecule has 0 aliphatic heterocycles. The van der Waals surface area contributed by atoms with Crippen LogP contribution in [0.1, 0.15) is 0 Å². The number of aliphatic hydroxyl groups is 2. The largest absolute Gasteiger partial charge is 0.464 e. The van der Waals surface area contributed by atoms with Gasteiger partial charge in [-0.05, 0) is 18.2 Å². The van der Waals surface area contributed by atoms with Crippen molar-refractivity contribution in [3.05, 3.63) is 48.9 Å². The molecule has 0 unspecified atom stereocenters. The van der Waals surface area contributed by atoms with E-state index in [1.54, 1.807) is 12.5 Å². The molecule has 0 spiro atoms. The van der Waals surface area contributed by atoms with Gasteiger partial charge in [-0.1, -0.05) is 23.4 Å². The lowest BCUT2D eigenvalue weighted by Crippen LogP contribution is -2.20. The molecule has 2 N–H and O–H groups in total. The van der Waals surface area contributed by atoms with Crippen molar-refractivity contribution in [2.45, 2.75) is 12.6 Å². The summed E-state index contributed by atoms with van der Waals surface area (Å²) in [5, 5.41) is 26.3. The van der Waals surface area contributed by atoms with Crippen molar-refractivity contribution in [3.63, 3.8) is 0 Å².